The lowest BCUT2D eigenvalue weighted by atomic mass is 9.90. The van der Waals surface area contributed by atoms with Crippen LogP contribution >= 0.6 is 0 Å². The fraction of sp³-hybridized carbons (Fsp3) is 0.500. The molecule has 1 unspecified atom stereocenters. The van der Waals surface area contributed by atoms with Crippen molar-refractivity contribution in [1.29, 1.82) is 0 Å². The van der Waals surface area contributed by atoms with Gasteiger partial charge in [-0.05, 0) is 62.5 Å². The predicted octanol–water partition coefficient (Wildman–Crippen LogP) is 0.842. The summed E-state index contributed by atoms with van der Waals surface area (Å²) < 4.78 is 5.15. The summed E-state index contributed by atoms with van der Waals surface area (Å²) in [6.07, 6.45) is 1.89. The van der Waals surface area contributed by atoms with E-state index >= 15 is 0 Å². The van der Waals surface area contributed by atoms with E-state index in [1.807, 2.05) is 0 Å². The summed E-state index contributed by atoms with van der Waals surface area (Å²) >= 11 is 0. The Balaban J connectivity index is 1.74. The first kappa shape index (κ1) is 17.4. The van der Waals surface area contributed by atoms with Crippen LogP contribution < -0.4 is 16.0 Å². The number of hydrogen-bond donors (Lipinski definition) is 3. The van der Waals surface area contributed by atoms with Gasteiger partial charge in [-0.25, -0.2) is 4.79 Å². The lowest BCUT2D eigenvalue weighted by molar-refractivity contribution is -0.147. The number of amides is 2. The number of benzene rings is 1. The van der Waals surface area contributed by atoms with E-state index in [-0.39, 0.29) is 36.7 Å². The lowest BCUT2D eigenvalue weighted by Gasteiger charge is -2.29. The van der Waals surface area contributed by atoms with Crippen LogP contribution in [0.3, 0.4) is 0 Å². The number of piperidine rings is 1. The van der Waals surface area contributed by atoms with E-state index in [2.05, 4.69) is 16.0 Å². The van der Waals surface area contributed by atoms with E-state index in [9.17, 15) is 14.4 Å². The molecule has 7 nitrogen and oxygen atoms in total. The van der Waals surface area contributed by atoms with Gasteiger partial charge in [-0.1, -0.05) is 0 Å². The minimum atomic E-state index is -0.650. The van der Waals surface area contributed by atoms with Crippen molar-refractivity contribution in [2.45, 2.75) is 32.2 Å². The maximum absolute atomic E-state index is 12.6. The number of rotatable bonds is 5. The standard InChI is InChI=1S/C18H23N3O4/c1-2-25-18(24)16(11-5-7-19-8-6-11)21-17(23)12-3-4-14-13(9-12)10-15(22)20-14/h3-4,9,11,16,19H,2,5-8,10H2,1H3,(H,20,22)(H,21,23). The summed E-state index contributed by atoms with van der Waals surface area (Å²) in [5.41, 5.74) is 1.98. The van der Waals surface area contributed by atoms with Gasteiger partial charge in [0.25, 0.3) is 5.91 Å². The molecule has 1 aromatic carbocycles. The van der Waals surface area contributed by atoms with Gasteiger partial charge >= 0.3 is 5.97 Å². The average molecular weight is 345 g/mol. The van der Waals surface area contributed by atoms with Crippen molar-refractivity contribution >= 4 is 23.5 Å². The molecular formula is C18H23N3O4. The highest BCUT2D eigenvalue weighted by molar-refractivity contribution is 6.02. The molecule has 0 bridgehead atoms. The number of carbonyl (C=O) groups excluding carboxylic acids is 3. The summed E-state index contributed by atoms with van der Waals surface area (Å²) in [6, 6.07) is 4.43. The minimum Gasteiger partial charge on any atom is -0.464 e. The quantitative estimate of drug-likeness (QED) is 0.687. The Bertz CT molecular complexity index is 683. The fourth-order valence-corrected chi connectivity index (χ4v) is 3.37. The second kappa shape index (κ2) is 7.65. The van der Waals surface area contributed by atoms with Crippen LogP contribution in [0, 0.1) is 5.92 Å². The molecule has 1 aromatic rings. The van der Waals surface area contributed by atoms with Crippen LogP contribution in [0.4, 0.5) is 5.69 Å². The molecule has 0 aromatic heterocycles. The highest BCUT2D eigenvalue weighted by Gasteiger charge is 2.32. The van der Waals surface area contributed by atoms with E-state index in [1.165, 1.54) is 0 Å². The van der Waals surface area contributed by atoms with E-state index in [4.69, 9.17) is 4.74 Å². The van der Waals surface area contributed by atoms with Gasteiger partial charge < -0.3 is 20.7 Å². The van der Waals surface area contributed by atoms with Gasteiger partial charge in [0.1, 0.15) is 6.04 Å². The Morgan fingerprint density at radius 3 is 2.80 bits per heavy atom. The topological polar surface area (TPSA) is 96.5 Å². The monoisotopic (exact) mass is 345 g/mol. The maximum atomic E-state index is 12.6. The SMILES string of the molecule is CCOC(=O)C(NC(=O)c1ccc2c(c1)CC(=O)N2)C1CCNCC1. The van der Waals surface area contributed by atoms with Crippen LogP contribution in [0.5, 0.6) is 0 Å². The molecule has 7 heteroatoms. The molecule has 0 radical (unpaired) electrons. The van der Waals surface area contributed by atoms with Crippen molar-refractivity contribution in [1.82, 2.24) is 10.6 Å². The Hall–Kier alpha value is -2.41. The second-order valence-corrected chi connectivity index (χ2v) is 6.39. The third-order valence-corrected chi connectivity index (χ3v) is 4.67. The zero-order valence-corrected chi connectivity index (χ0v) is 14.3. The van der Waals surface area contributed by atoms with Crippen molar-refractivity contribution in [2.24, 2.45) is 5.92 Å². The molecule has 3 N–H and O–H groups in total. The molecule has 2 amide bonds. The average Bonchev–Trinajstić information content (AvgIpc) is 2.99. The Kier molecular flexibility index (Phi) is 5.33. The number of carbonyl (C=O) groups is 3. The maximum Gasteiger partial charge on any atom is 0.328 e. The Morgan fingerprint density at radius 1 is 1.32 bits per heavy atom. The third kappa shape index (κ3) is 3.99. The van der Waals surface area contributed by atoms with Gasteiger partial charge in [0.2, 0.25) is 5.91 Å². The molecule has 0 aliphatic carbocycles. The predicted molar refractivity (Wildman–Crippen MR) is 92.3 cm³/mol. The van der Waals surface area contributed by atoms with Gasteiger partial charge in [0.05, 0.1) is 13.0 Å². The molecule has 1 fully saturated rings. The summed E-state index contributed by atoms with van der Waals surface area (Å²) in [5, 5.41) is 8.84. The highest BCUT2D eigenvalue weighted by Crippen LogP contribution is 2.24. The first-order valence-corrected chi connectivity index (χ1v) is 8.69. The van der Waals surface area contributed by atoms with E-state index in [0.29, 0.717) is 5.56 Å². The highest BCUT2D eigenvalue weighted by atomic mass is 16.5. The number of anilines is 1. The van der Waals surface area contributed by atoms with Crippen LogP contribution in [0.1, 0.15) is 35.7 Å². The fourth-order valence-electron chi connectivity index (χ4n) is 3.37. The summed E-state index contributed by atoms with van der Waals surface area (Å²) in [6.45, 7) is 3.68. The van der Waals surface area contributed by atoms with Crippen molar-refractivity contribution in [3.8, 4) is 0 Å². The smallest absolute Gasteiger partial charge is 0.328 e. The van der Waals surface area contributed by atoms with Crippen molar-refractivity contribution < 1.29 is 19.1 Å². The van der Waals surface area contributed by atoms with Crippen LogP contribution in [0.15, 0.2) is 18.2 Å². The molecule has 134 valence electrons. The lowest BCUT2D eigenvalue weighted by Crippen LogP contribution is -2.49. The van der Waals surface area contributed by atoms with Gasteiger partial charge in [-0.15, -0.1) is 0 Å². The molecule has 2 aliphatic heterocycles. The molecule has 1 atom stereocenters. The zero-order valence-electron chi connectivity index (χ0n) is 14.3. The van der Waals surface area contributed by atoms with E-state index in [0.717, 1.165) is 37.2 Å². The van der Waals surface area contributed by atoms with Gasteiger partial charge in [-0.2, -0.15) is 0 Å². The molecule has 3 rings (SSSR count). The molecule has 1 saturated heterocycles. The first-order chi connectivity index (χ1) is 12.1. The normalized spacial score (nSPS) is 18.2. The van der Waals surface area contributed by atoms with E-state index in [1.54, 1.807) is 25.1 Å². The number of hydrogen-bond acceptors (Lipinski definition) is 5. The van der Waals surface area contributed by atoms with Crippen molar-refractivity contribution in [3.63, 3.8) is 0 Å². The van der Waals surface area contributed by atoms with Gasteiger partial charge in [0.15, 0.2) is 0 Å². The number of ether oxygens (including phenoxy) is 1. The summed E-state index contributed by atoms with van der Waals surface area (Å²) in [7, 11) is 0. The largest absolute Gasteiger partial charge is 0.464 e. The Labute approximate surface area is 146 Å². The van der Waals surface area contributed by atoms with Gasteiger partial charge in [-0.3, -0.25) is 9.59 Å². The summed E-state index contributed by atoms with van der Waals surface area (Å²) in [5.74, 6) is -0.729. The first-order valence-electron chi connectivity index (χ1n) is 8.69. The molecule has 0 spiro atoms. The van der Waals surface area contributed by atoms with Gasteiger partial charge in [0, 0.05) is 11.3 Å². The third-order valence-electron chi connectivity index (χ3n) is 4.67. The molecule has 2 aliphatic rings. The molecule has 0 saturated carbocycles. The second-order valence-electron chi connectivity index (χ2n) is 6.39. The molecule has 25 heavy (non-hydrogen) atoms. The van der Waals surface area contributed by atoms with Crippen molar-refractivity contribution in [2.75, 3.05) is 25.0 Å². The number of esters is 1. The zero-order chi connectivity index (χ0) is 17.8. The number of fused-ring (bicyclic) bond motifs is 1. The van der Waals surface area contributed by atoms with Crippen LogP contribution in [0.25, 0.3) is 0 Å². The van der Waals surface area contributed by atoms with Crippen LogP contribution in [-0.2, 0) is 20.7 Å². The Morgan fingerprint density at radius 2 is 2.08 bits per heavy atom. The minimum absolute atomic E-state index is 0.0573. The van der Waals surface area contributed by atoms with Crippen LogP contribution in [0.2, 0.25) is 0 Å². The molecule has 2 heterocycles. The van der Waals surface area contributed by atoms with Crippen molar-refractivity contribution in [3.05, 3.63) is 29.3 Å². The summed E-state index contributed by atoms with van der Waals surface area (Å²) in [4.78, 5) is 36.4. The van der Waals surface area contributed by atoms with Crippen LogP contribution in [-0.4, -0.2) is 43.5 Å². The number of nitrogens with one attached hydrogen (secondary N) is 3. The van der Waals surface area contributed by atoms with E-state index < -0.39 is 6.04 Å². The molecular weight excluding hydrogens is 322 g/mol.